The van der Waals surface area contributed by atoms with Crippen LogP contribution in [-0.2, 0) is 9.47 Å². The van der Waals surface area contributed by atoms with Crippen molar-refractivity contribution in [3.05, 3.63) is 0 Å². The van der Waals surface area contributed by atoms with Gasteiger partial charge in [0.15, 0.2) is 0 Å². The number of unbranched alkanes of at least 4 members (excludes halogenated alkanes) is 10. The highest BCUT2D eigenvalue weighted by Crippen LogP contribution is 2.05. The summed E-state index contributed by atoms with van der Waals surface area (Å²) in [5.74, 6) is 5.31. The van der Waals surface area contributed by atoms with E-state index >= 15 is 0 Å². The van der Waals surface area contributed by atoms with Gasteiger partial charge in [-0.3, -0.25) is 0 Å². The molecule has 0 unspecified atom stereocenters. The third-order valence-corrected chi connectivity index (χ3v) is 3.51. The van der Waals surface area contributed by atoms with Crippen LogP contribution < -0.4 is 0 Å². The van der Waals surface area contributed by atoms with Crippen molar-refractivity contribution in [2.24, 2.45) is 0 Å². The highest BCUT2D eigenvalue weighted by atomic mass is 16.5. The monoisotopic (exact) mass is 306 g/mol. The Kier molecular flexibility index (Phi) is 18.6. The second-order valence-corrected chi connectivity index (χ2v) is 5.69. The standard InChI is InChI=1S/C20H34O2/c1-3-5-7-9-11-13-17-21-19-15-16-20-22-18-14-12-10-8-6-4-2/h3-14,17-18H2,1-2H3. The molecule has 0 radical (unpaired) electrons. The van der Waals surface area contributed by atoms with Gasteiger partial charge in [-0.1, -0.05) is 78.1 Å². The molecule has 0 rings (SSSR count). The number of ether oxygens (including phenoxy) is 2. The summed E-state index contributed by atoms with van der Waals surface area (Å²) in [4.78, 5) is 0. The van der Waals surface area contributed by atoms with Gasteiger partial charge in [-0.05, 0) is 12.8 Å². The molecule has 0 atom stereocenters. The third-order valence-electron chi connectivity index (χ3n) is 3.51. The molecule has 0 fully saturated rings. The van der Waals surface area contributed by atoms with Crippen LogP contribution >= 0.6 is 0 Å². The number of rotatable bonds is 14. The van der Waals surface area contributed by atoms with E-state index in [4.69, 9.17) is 9.47 Å². The topological polar surface area (TPSA) is 18.5 Å². The Bertz CT molecular complexity index is 293. The van der Waals surface area contributed by atoms with Crippen molar-refractivity contribution in [2.75, 3.05) is 13.2 Å². The fourth-order valence-electron chi connectivity index (χ4n) is 2.13. The molecule has 0 aromatic carbocycles. The van der Waals surface area contributed by atoms with Crippen LogP contribution in [0, 0.1) is 24.1 Å². The Balaban J connectivity index is 3.23. The van der Waals surface area contributed by atoms with E-state index in [2.05, 4.69) is 37.9 Å². The molecule has 0 heterocycles. The van der Waals surface area contributed by atoms with Crippen LogP contribution in [0.5, 0.6) is 0 Å². The lowest BCUT2D eigenvalue weighted by molar-refractivity contribution is 0.265. The van der Waals surface area contributed by atoms with Crippen LogP contribution in [0.4, 0.5) is 0 Å². The van der Waals surface area contributed by atoms with Gasteiger partial charge in [0.1, 0.15) is 25.4 Å². The van der Waals surface area contributed by atoms with E-state index in [0.717, 1.165) is 12.8 Å². The average molecular weight is 306 g/mol. The summed E-state index contributed by atoms with van der Waals surface area (Å²) in [6.07, 6.45) is 20.4. The maximum Gasteiger partial charge on any atom is 0.124 e. The van der Waals surface area contributed by atoms with Crippen molar-refractivity contribution in [3.8, 4) is 24.1 Å². The predicted molar refractivity (Wildman–Crippen MR) is 94.2 cm³/mol. The Morgan fingerprint density at radius 1 is 0.500 bits per heavy atom. The summed E-state index contributed by atoms with van der Waals surface area (Å²) in [6, 6.07) is 0. The zero-order valence-electron chi connectivity index (χ0n) is 14.7. The van der Waals surface area contributed by atoms with Crippen molar-refractivity contribution in [2.45, 2.75) is 90.9 Å². The Morgan fingerprint density at radius 2 is 0.864 bits per heavy atom. The number of hydrogen-bond donors (Lipinski definition) is 0. The van der Waals surface area contributed by atoms with Gasteiger partial charge in [0.2, 0.25) is 0 Å². The van der Waals surface area contributed by atoms with Crippen LogP contribution in [0.1, 0.15) is 90.9 Å². The van der Waals surface area contributed by atoms with E-state index in [1.165, 1.54) is 64.2 Å². The molecule has 2 nitrogen and oxygen atoms in total. The highest BCUT2D eigenvalue weighted by Gasteiger charge is 1.90. The molecule has 0 N–H and O–H groups in total. The summed E-state index contributed by atoms with van der Waals surface area (Å²) in [5.41, 5.74) is 0. The molecule has 0 aromatic rings. The van der Waals surface area contributed by atoms with Gasteiger partial charge in [-0.15, -0.1) is 0 Å². The Labute approximate surface area is 138 Å². The molecular formula is C20H34O2. The summed E-state index contributed by atoms with van der Waals surface area (Å²) in [6.45, 7) is 5.88. The van der Waals surface area contributed by atoms with E-state index in [-0.39, 0.29) is 0 Å². The number of hydrogen-bond acceptors (Lipinski definition) is 2. The lowest BCUT2D eigenvalue weighted by Gasteiger charge is -1.99. The summed E-state index contributed by atoms with van der Waals surface area (Å²) in [5, 5.41) is 0. The van der Waals surface area contributed by atoms with Gasteiger partial charge in [0, 0.05) is 11.8 Å². The quantitative estimate of drug-likeness (QED) is 0.304. The Hall–Kier alpha value is -1.28. The molecule has 126 valence electrons. The zero-order valence-corrected chi connectivity index (χ0v) is 14.7. The van der Waals surface area contributed by atoms with Crippen LogP contribution in [0.15, 0.2) is 0 Å². The van der Waals surface area contributed by atoms with Crippen molar-refractivity contribution < 1.29 is 9.47 Å². The lowest BCUT2D eigenvalue weighted by atomic mass is 10.1. The first kappa shape index (κ1) is 20.7. The normalized spacial score (nSPS) is 9.36. The molecule has 0 bridgehead atoms. The van der Waals surface area contributed by atoms with Crippen LogP contribution in [0.2, 0.25) is 0 Å². The molecular weight excluding hydrogens is 272 g/mol. The molecule has 0 saturated carbocycles. The van der Waals surface area contributed by atoms with Gasteiger partial charge in [0.05, 0.1) is 0 Å². The van der Waals surface area contributed by atoms with E-state index in [1.807, 2.05) is 0 Å². The molecule has 0 aliphatic carbocycles. The molecule has 0 aliphatic rings. The van der Waals surface area contributed by atoms with Crippen LogP contribution in [0.25, 0.3) is 0 Å². The third kappa shape index (κ3) is 18.7. The van der Waals surface area contributed by atoms with Crippen molar-refractivity contribution in [1.29, 1.82) is 0 Å². The maximum absolute atomic E-state index is 5.20. The Morgan fingerprint density at radius 3 is 1.27 bits per heavy atom. The lowest BCUT2D eigenvalue weighted by Crippen LogP contribution is -1.89. The summed E-state index contributed by atoms with van der Waals surface area (Å²) >= 11 is 0. The van der Waals surface area contributed by atoms with Crippen molar-refractivity contribution >= 4 is 0 Å². The first-order valence-electron chi connectivity index (χ1n) is 9.15. The van der Waals surface area contributed by atoms with Crippen LogP contribution in [-0.4, -0.2) is 13.2 Å². The first-order chi connectivity index (χ1) is 10.9. The largest absolute Gasteiger partial charge is 0.446 e. The van der Waals surface area contributed by atoms with Crippen molar-refractivity contribution in [3.63, 3.8) is 0 Å². The van der Waals surface area contributed by atoms with E-state index in [1.54, 1.807) is 0 Å². The SMILES string of the molecule is CCCCCCCCOC#CC#COCCCCCCCC. The molecule has 2 heteroatoms. The van der Waals surface area contributed by atoms with Gasteiger partial charge in [-0.2, -0.15) is 0 Å². The van der Waals surface area contributed by atoms with Crippen LogP contribution in [0.3, 0.4) is 0 Å². The smallest absolute Gasteiger partial charge is 0.124 e. The molecule has 0 spiro atoms. The second kappa shape index (κ2) is 19.7. The average Bonchev–Trinajstić information content (AvgIpc) is 2.54. The summed E-state index contributed by atoms with van der Waals surface area (Å²) < 4.78 is 10.4. The van der Waals surface area contributed by atoms with Gasteiger partial charge in [-0.25, -0.2) is 0 Å². The van der Waals surface area contributed by atoms with Gasteiger partial charge < -0.3 is 9.47 Å². The minimum absolute atomic E-state index is 0.708. The van der Waals surface area contributed by atoms with E-state index in [0.29, 0.717) is 13.2 Å². The van der Waals surface area contributed by atoms with E-state index in [9.17, 15) is 0 Å². The molecule has 0 aromatic heterocycles. The second-order valence-electron chi connectivity index (χ2n) is 5.69. The molecule has 0 aliphatic heterocycles. The molecule has 22 heavy (non-hydrogen) atoms. The first-order valence-corrected chi connectivity index (χ1v) is 9.15. The minimum Gasteiger partial charge on any atom is -0.446 e. The highest BCUT2D eigenvalue weighted by molar-refractivity contribution is 5.21. The summed E-state index contributed by atoms with van der Waals surface area (Å²) in [7, 11) is 0. The van der Waals surface area contributed by atoms with Gasteiger partial charge in [0.25, 0.3) is 0 Å². The fourth-order valence-corrected chi connectivity index (χ4v) is 2.13. The maximum atomic E-state index is 5.20. The minimum atomic E-state index is 0.708. The molecule has 0 amide bonds. The zero-order chi connectivity index (χ0) is 16.1. The fraction of sp³-hybridized carbons (Fsp3) is 0.800. The van der Waals surface area contributed by atoms with Gasteiger partial charge >= 0.3 is 0 Å². The van der Waals surface area contributed by atoms with Crippen molar-refractivity contribution in [1.82, 2.24) is 0 Å². The molecule has 0 saturated heterocycles. The predicted octanol–water partition coefficient (Wildman–Crippen LogP) is 5.66. The van der Waals surface area contributed by atoms with E-state index < -0.39 is 0 Å².